The van der Waals surface area contributed by atoms with Gasteiger partial charge in [0.25, 0.3) is 0 Å². The second-order valence-corrected chi connectivity index (χ2v) is 3.48. The summed E-state index contributed by atoms with van der Waals surface area (Å²) in [5, 5.41) is 6.23. The van der Waals surface area contributed by atoms with Crippen molar-refractivity contribution in [2.75, 3.05) is 19.6 Å². The molecule has 1 atom stereocenters. The van der Waals surface area contributed by atoms with Gasteiger partial charge >= 0.3 is 0 Å². The molecule has 0 aliphatic carbocycles. The molecule has 3 heteroatoms. The summed E-state index contributed by atoms with van der Waals surface area (Å²) in [6.45, 7) is 4.67. The van der Waals surface area contributed by atoms with Crippen LogP contribution in [0.4, 0.5) is 0 Å². The maximum atomic E-state index is 10.6. The van der Waals surface area contributed by atoms with Gasteiger partial charge < -0.3 is 10.6 Å². The van der Waals surface area contributed by atoms with Crippen LogP contribution in [0.15, 0.2) is 0 Å². The van der Waals surface area contributed by atoms with E-state index in [4.69, 9.17) is 0 Å². The zero-order chi connectivity index (χ0) is 8.81. The molecule has 3 nitrogen and oxygen atoms in total. The van der Waals surface area contributed by atoms with Gasteiger partial charge in [0.2, 0.25) is 5.91 Å². The van der Waals surface area contributed by atoms with Crippen LogP contribution in [0.1, 0.15) is 26.2 Å². The van der Waals surface area contributed by atoms with Crippen LogP contribution < -0.4 is 10.6 Å². The van der Waals surface area contributed by atoms with Crippen LogP contribution in [0.25, 0.3) is 0 Å². The van der Waals surface area contributed by atoms with Gasteiger partial charge in [0, 0.05) is 13.5 Å². The first-order chi connectivity index (χ1) is 5.79. The van der Waals surface area contributed by atoms with Gasteiger partial charge in [0.15, 0.2) is 0 Å². The molecule has 0 aromatic heterocycles. The molecule has 1 aliphatic heterocycles. The van der Waals surface area contributed by atoms with E-state index in [-0.39, 0.29) is 5.91 Å². The highest BCUT2D eigenvalue weighted by molar-refractivity contribution is 5.72. The topological polar surface area (TPSA) is 41.1 Å². The van der Waals surface area contributed by atoms with E-state index in [9.17, 15) is 4.79 Å². The van der Waals surface area contributed by atoms with Gasteiger partial charge in [-0.25, -0.2) is 0 Å². The summed E-state index contributed by atoms with van der Waals surface area (Å²) in [7, 11) is 0. The molecular formula is C9H18N2O. The monoisotopic (exact) mass is 170 g/mol. The molecule has 1 aliphatic rings. The van der Waals surface area contributed by atoms with Crippen molar-refractivity contribution in [3.8, 4) is 0 Å². The van der Waals surface area contributed by atoms with Crippen molar-refractivity contribution < 1.29 is 4.79 Å². The van der Waals surface area contributed by atoms with Gasteiger partial charge in [0.1, 0.15) is 0 Å². The molecule has 1 rings (SSSR count). The van der Waals surface area contributed by atoms with Crippen LogP contribution in [-0.4, -0.2) is 25.5 Å². The van der Waals surface area contributed by atoms with Crippen molar-refractivity contribution in [2.45, 2.75) is 26.2 Å². The lowest BCUT2D eigenvalue weighted by molar-refractivity contribution is -0.119. The second kappa shape index (κ2) is 5.14. The minimum Gasteiger partial charge on any atom is -0.356 e. The van der Waals surface area contributed by atoms with Crippen molar-refractivity contribution in [1.29, 1.82) is 0 Å². The van der Waals surface area contributed by atoms with E-state index in [1.54, 1.807) is 6.92 Å². The number of carbonyl (C=O) groups is 1. The van der Waals surface area contributed by atoms with Gasteiger partial charge in [-0.15, -0.1) is 0 Å². The summed E-state index contributed by atoms with van der Waals surface area (Å²) >= 11 is 0. The summed E-state index contributed by atoms with van der Waals surface area (Å²) in [6.07, 6.45) is 3.68. The highest BCUT2D eigenvalue weighted by atomic mass is 16.1. The number of amides is 1. The highest BCUT2D eigenvalue weighted by Crippen LogP contribution is 2.11. The zero-order valence-electron chi connectivity index (χ0n) is 7.73. The summed E-state index contributed by atoms with van der Waals surface area (Å²) in [4.78, 5) is 10.6. The van der Waals surface area contributed by atoms with Gasteiger partial charge in [-0.2, -0.15) is 0 Å². The molecule has 0 radical (unpaired) electrons. The van der Waals surface area contributed by atoms with E-state index >= 15 is 0 Å². The quantitative estimate of drug-likeness (QED) is 0.634. The van der Waals surface area contributed by atoms with Crippen LogP contribution in [0, 0.1) is 5.92 Å². The lowest BCUT2D eigenvalue weighted by atomic mass is 10.0. The summed E-state index contributed by atoms with van der Waals surface area (Å²) in [6, 6.07) is 0. The summed E-state index contributed by atoms with van der Waals surface area (Å²) in [5.74, 6) is 0.774. The molecule has 1 fully saturated rings. The van der Waals surface area contributed by atoms with Crippen molar-refractivity contribution in [1.82, 2.24) is 10.6 Å². The molecule has 0 aromatic carbocycles. The molecule has 1 amide bonds. The van der Waals surface area contributed by atoms with Crippen molar-refractivity contribution in [3.63, 3.8) is 0 Å². The van der Waals surface area contributed by atoms with E-state index in [0.717, 1.165) is 19.6 Å². The fraction of sp³-hybridized carbons (Fsp3) is 0.889. The summed E-state index contributed by atoms with van der Waals surface area (Å²) in [5.41, 5.74) is 0. The molecule has 1 saturated heterocycles. The molecule has 0 bridgehead atoms. The highest BCUT2D eigenvalue weighted by Gasteiger charge is 2.11. The summed E-state index contributed by atoms with van der Waals surface area (Å²) < 4.78 is 0. The average Bonchev–Trinajstić information content (AvgIpc) is 2.28. The predicted octanol–water partition coefficient (Wildman–Crippen LogP) is 0.512. The van der Waals surface area contributed by atoms with Crippen LogP contribution in [0.2, 0.25) is 0 Å². The third kappa shape index (κ3) is 3.72. The average molecular weight is 170 g/mol. The first-order valence-corrected chi connectivity index (χ1v) is 4.74. The van der Waals surface area contributed by atoms with Crippen molar-refractivity contribution in [3.05, 3.63) is 0 Å². The van der Waals surface area contributed by atoms with E-state index in [2.05, 4.69) is 10.6 Å². The molecule has 1 heterocycles. The van der Waals surface area contributed by atoms with E-state index in [0.29, 0.717) is 5.92 Å². The largest absolute Gasteiger partial charge is 0.356 e. The second-order valence-electron chi connectivity index (χ2n) is 3.48. The first kappa shape index (κ1) is 9.52. The first-order valence-electron chi connectivity index (χ1n) is 4.74. The molecule has 1 unspecified atom stereocenters. The third-order valence-electron chi connectivity index (χ3n) is 2.33. The third-order valence-corrected chi connectivity index (χ3v) is 2.33. The van der Waals surface area contributed by atoms with Crippen molar-refractivity contribution >= 4 is 5.91 Å². The molecule has 70 valence electrons. The van der Waals surface area contributed by atoms with E-state index < -0.39 is 0 Å². The number of nitrogens with one attached hydrogen (secondary N) is 2. The van der Waals surface area contributed by atoms with E-state index in [1.165, 1.54) is 19.3 Å². The predicted molar refractivity (Wildman–Crippen MR) is 48.9 cm³/mol. The Hall–Kier alpha value is -0.570. The van der Waals surface area contributed by atoms with Gasteiger partial charge in [0.05, 0.1) is 0 Å². The number of carbonyl (C=O) groups excluding carboxylic acids is 1. The standard InChI is InChI=1S/C9H18N2O/c1-8(12)11-7-9-3-2-5-10-6-4-9/h9-10H,2-7H2,1H3,(H,11,12). The van der Waals surface area contributed by atoms with Crippen LogP contribution in [-0.2, 0) is 4.79 Å². The Labute approximate surface area is 73.9 Å². The lowest BCUT2D eigenvalue weighted by Crippen LogP contribution is -2.27. The van der Waals surface area contributed by atoms with Gasteiger partial charge in [-0.1, -0.05) is 0 Å². The normalized spacial score (nSPS) is 24.6. The molecule has 0 spiro atoms. The van der Waals surface area contributed by atoms with Crippen molar-refractivity contribution in [2.24, 2.45) is 5.92 Å². The molecule has 2 N–H and O–H groups in total. The molecule has 12 heavy (non-hydrogen) atoms. The number of hydrogen-bond acceptors (Lipinski definition) is 2. The Bertz CT molecular complexity index is 139. The van der Waals surface area contributed by atoms with Crippen LogP contribution in [0.5, 0.6) is 0 Å². The molecule has 0 aromatic rings. The maximum absolute atomic E-state index is 10.6. The maximum Gasteiger partial charge on any atom is 0.216 e. The molecule has 0 saturated carbocycles. The van der Waals surface area contributed by atoms with Crippen LogP contribution in [0.3, 0.4) is 0 Å². The molecular weight excluding hydrogens is 152 g/mol. The fourth-order valence-corrected chi connectivity index (χ4v) is 1.58. The Morgan fingerprint density at radius 3 is 3.08 bits per heavy atom. The number of rotatable bonds is 2. The van der Waals surface area contributed by atoms with Gasteiger partial charge in [-0.05, 0) is 38.3 Å². The minimum atomic E-state index is 0.0900. The van der Waals surface area contributed by atoms with Gasteiger partial charge in [-0.3, -0.25) is 4.79 Å². The number of hydrogen-bond donors (Lipinski definition) is 2. The fourth-order valence-electron chi connectivity index (χ4n) is 1.58. The Kier molecular flexibility index (Phi) is 4.08. The minimum absolute atomic E-state index is 0.0900. The Balaban J connectivity index is 2.16. The smallest absolute Gasteiger partial charge is 0.216 e. The zero-order valence-corrected chi connectivity index (χ0v) is 7.73. The Morgan fingerprint density at radius 1 is 1.50 bits per heavy atom. The lowest BCUT2D eigenvalue weighted by Gasteiger charge is -2.12. The Morgan fingerprint density at radius 2 is 2.33 bits per heavy atom. The van der Waals surface area contributed by atoms with Crippen LogP contribution >= 0.6 is 0 Å². The SMILES string of the molecule is CC(=O)NCC1CCCNCC1. The van der Waals surface area contributed by atoms with E-state index in [1.807, 2.05) is 0 Å².